The number of sulfone groups is 2. The number of hydrogen-bond donors (Lipinski definition) is 0. The summed E-state index contributed by atoms with van der Waals surface area (Å²) in [5, 5.41) is 0.0947. The van der Waals surface area contributed by atoms with Gasteiger partial charge in [0.15, 0.2) is 9.84 Å². The lowest BCUT2D eigenvalue weighted by Gasteiger charge is -2.43. The Morgan fingerprint density at radius 3 is 2.14 bits per heavy atom. The Labute approximate surface area is 254 Å². The van der Waals surface area contributed by atoms with Crippen molar-refractivity contribution in [2.45, 2.75) is 72.7 Å². The van der Waals surface area contributed by atoms with Gasteiger partial charge in [0.25, 0.3) is 0 Å². The fourth-order valence-corrected chi connectivity index (χ4v) is 10.9. The van der Waals surface area contributed by atoms with E-state index in [9.17, 15) is 48.0 Å². The zero-order chi connectivity index (χ0) is 32.7. The highest BCUT2D eigenvalue weighted by molar-refractivity contribution is 7.92. The zero-order valence-electron chi connectivity index (χ0n) is 23.1. The molecule has 2 saturated heterocycles. The summed E-state index contributed by atoms with van der Waals surface area (Å²) in [6.07, 6.45) is -13.3. The molecule has 3 aliphatic rings. The summed E-state index contributed by atoms with van der Waals surface area (Å²) in [5.74, 6) is -1.62. The van der Waals surface area contributed by atoms with E-state index in [-0.39, 0.29) is 71.2 Å². The molecular formula is C28H27ClF7NO5S2. The number of fused-ring (bicyclic) bond motifs is 3. The Kier molecular flexibility index (Phi) is 7.93. The van der Waals surface area contributed by atoms with Gasteiger partial charge >= 0.3 is 18.0 Å². The second-order valence-corrected chi connectivity index (χ2v) is 16.5. The molecule has 2 unspecified atom stereocenters. The highest BCUT2D eigenvalue weighted by Gasteiger charge is 2.74. The van der Waals surface area contributed by atoms with Crippen LogP contribution in [0.1, 0.15) is 47.9 Å². The molecule has 0 aromatic heterocycles. The summed E-state index contributed by atoms with van der Waals surface area (Å²) in [7, 11) is -7.87. The van der Waals surface area contributed by atoms with Crippen molar-refractivity contribution in [3.8, 4) is 0 Å². The number of amides is 1. The maximum Gasteiger partial charge on any atom is 0.435 e. The molecular weight excluding hydrogens is 663 g/mol. The minimum absolute atomic E-state index is 0.0329. The molecule has 0 N–H and O–H groups in total. The predicted octanol–water partition coefficient (Wildman–Crippen LogP) is 5.98. The summed E-state index contributed by atoms with van der Waals surface area (Å²) in [6, 6.07) is 4.34. The number of benzene rings is 2. The van der Waals surface area contributed by atoms with Crippen LogP contribution in [-0.2, 0) is 41.3 Å². The van der Waals surface area contributed by atoms with Gasteiger partial charge < -0.3 is 4.90 Å². The van der Waals surface area contributed by atoms with Gasteiger partial charge in [-0.15, -0.1) is 0 Å². The first-order valence-corrected chi connectivity index (χ1v) is 17.3. The van der Waals surface area contributed by atoms with Crippen molar-refractivity contribution in [1.82, 2.24) is 4.90 Å². The molecule has 2 atom stereocenters. The van der Waals surface area contributed by atoms with E-state index in [2.05, 4.69) is 0 Å². The van der Waals surface area contributed by atoms with Gasteiger partial charge in [-0.05, 0) is 67.9 Å². The number of carbonyl (C=O) groups is 1. The number of alkyl halides is 7. The van der Waals surface area contributed by atoms with E-state index in [0.29, 0.717) is 17.7 Å². The summed E-state index contributed by atoms with van der Waals surface area (Å²) in [5.41, 5.74) is -7.23. The second-order valence-electron chi connectivity index (χ2n) is 11.6. The molecule has 44 heavy (non-hydrogen) atoms. The van der Waals surface area contributed by atoms with E-state index in [1.54, 1.807) is 6.92 Å². The minimum atomic E-state index is -6.36. The van der Waals surface area contributed by atoms with Crippen LogP contribution in [0, 0.1) is 12.8 Å². The van der Waals surface area contributed by atoms with Crippen LogP contribution in [0.15, 0.2) is 41.3 Å². The molecule has 2 aromatic rings. The van der Waals surface area contributed by atoms with Crippen molar-refractivity contribution in [2.24, 2.45) is 5.92 Å². The molecule has 0 radical (unpaired) electrons. The van der Waals surface area contributed by atoms with Gasteiger partial charge in [-0.25, -0.2) is 21.2 Å². The van der Waals surface area contributed by atoms with Crippen molar-refractivity contribution in [2.75, 3.05) is 18.1 Å². The van der Waals surface area contributed by atoms with Crippen LogP contribution >= 0.6 is 11.6 Å². The van der Waals surface area contributed by atoms with Crippen molar-refractivity contribution in [3.05, 3.63) is 63.7 Å². The molecule has 2 fully saturated rings. The lowest BCUT2D eigenvalue weighted by molar-refractivity contribution is -0.348. The van der Waals surface area contributed by atoms with Crippen LogP contribution in [0.3, 0.4) is 0 Å². The van der Waals surface area contributed by atoms with Gasteiger partial charge in [-0.2, -0.15) is 26.3 Å². The van der Waals surface area contributed by atoms with E-state index in [1.165, 1.54) is 23.1 Å². The first kappa shape index (κ1) is 33.0. The standard InChI is InChI=1S/C28H27ClF7NO5S2/c1-16-2-5-20(15-22(16)29)44(41,42)25-10-11-37(24(38)17-8-12-43(39,40)13-9-17)23(25)7-3-18-14-19(4-6-21(18)25)26(30,27(31,32)33)28(34,35)36/h2,4-6,14-15,17,23H,3,7-13H2,1H3. The Bertz CT molecular complexity index is 1700. The molecule has 1 amide bonds. The van der Waals surface area contributed by atoms with E-state index in [4.69, 9.17) is 11.6 Å². The minimum Gasteiger partial charge on any atom is -0.337 e. The van der Waals surface area contributed by atoms with Gasteiger partial charge in [0.1, 0.15) is 14.6 Å². The lowest BCUT2D eigenvalue weighted by atomic mass is 9.76. The molecule has 2 aliphatic heterocycles. The maximum atomic E-state index is 15.0. The molecule has 242 valence electrons. The van der Waals surface area contributed by atoms with Crippen molar-refractivity contribution in [1.29, 1.82) is 0 Å². The SMILES string of the molecule is Cc1ccc(S(=O)(=O)C23CCN(C(=O)C4CCS(=O)(=O)CC4)C2CCc2cc(C(F)(C(F)(F)F)C(F)(F)F)ccc23)cc1Cl. The van der Waals surface area contributed by atoms with Crippen LogP contribution < -0.4 is 0 Å². The summed E-state index contributed by atoms with van der Waals surface area (Å²) in [4.78, 5) is 14.8. The monoisotopic (exact) mass is 689 g/mol. The summed E-state index contributed by atoms with van der Waals surface area (Å²) in [6.45, 7) is 1.51. The van der Waals surface area contributed by atoms with E-state index >= 15 is 4.39 Å². The normalized spacial score (nSPS) is 24.6. The largest absolute Gasteiger partial charge is 0.435 e. The number of carbonyl (C=O) groups excluding carboxylic acids is 1. The number of nitrogens with zero attached hydrogens (tertiary/aromatic N) is 1. The third kappa shape index (κ3) is 4.91. The van der Waals surface area contributed by atoms with Crippen LogP contribution in [0.4, 0.5) is 30.7 Å². The van der Waals surface area contributed by atoms with Crippen LogP contribution in [0.25, 0.3) is 0 Å². The zero-order valence-corrected chi connectivity index (χ0v) is 25.5. The Morgan fingerprint density at radius 2 is 1.57 bits per heavy atom. The van der Waals surface area contributed by atoms with Gasteiger partial charge in [-0.1, -0.05) is 35.9 Å². The third-order valence-corrected chi connectivity index (χ3v) is 13.8. The van der Waals surface area contributed by atoms with Crippen molar-refractivity contribution in [3.63, 3.8) is 0 Å². The van der Waals surface area contributed by atoms with Gasteiger partial charge in [0, 0.05) is 23.0 Å². The molecule has 6 nitrogen and oxygen atoms in total. The molecule has 5 rings (SSSR count). The summed E-state index contributed by atoms with van der Waals surface area (Å²) < 4.78 is 147. The Hall–Kier alpha value is -2.39. The number of hydrogen-bond acceptors (Lipinski definition) is 5. The van der Waals surface area contributed by atoms with E-state index in [1.807, 2.05) is 0 Å². The van der Waals surface area contributed by atoms with Crippen molar-refractivity contribution >= 4 is 37.2 Å². The highest BCUT2D eigenvalue weighted by Crippen LogP contribution is 2.57. The number of halogens is 8. The molecule has 0 spiro atoms. The quantitative estimate of drug-likeness (QED) is 0.369. The summed E-state index contributed by atoms with van der Waals surface area (Å²) >= 11 is 6.23. The Balaban J connectivity index is 1.67. The lowest BCUT2D eigenvalue weighted by Crippen LogP contribution is -2.54. The average molecular weight is 690 g/mol. The third-order valence-electron chi connectivity index (χ3n) is 9.19. The Morgan fingerprint density at radius 1 is 0.955 bits per heavy atom. The fourth-order valence-electron chi connectivity index (χ4n) is 6.82. The first-order chi connectivity index (χ1) is 20.2. The molecule has 0 bridgehead atoms. The smallest absolute Gasteiger partial charge is 0.337 e. The van der Waals surface area contributed by atoms with Crippen LogP contribution in [0.2, 0.25) is 5.02 Å². The fraction of sp³-hybridized carbons (Fsp3) is 0.536. The van der Waals surface area contributed by atoms with Gasteiger partial charge in [0.05, 0.1) is 22.4 Å². The van der Waals surface area contributed by atoms with Crippen LogP contribution in [0.5, 0.6) is 0 Å². The number of rotatable bonds is 4. The van der Waals surface area contributed by atoms with E-state index in [0.717, 1.165) is 6.07 Å². The second kappa shape index (κ2) is 10.6. The van der Waals surface area contributed by atoms with Crippen molar-refractivity contribution < 1.29 is 52.4 Å². The van der Waals surface area contributed by atoms with E-state index < -0.39 is 65.9 Å². The number of likely N-dealkylation sites (tertiary alicyclic amines) is 1. The highest BCUT2D eigenvalue weighted by atomic mass is 35.5. The maximum absolute atomic E-state index is 15.0. The topological polar surface area (TPSA) is 88.6 Å². The molecule has 2 heterocycles. The average Bonchev–Trinajstić information content (AvgIpc) is 3.34. The van der Waals surface area contributed by atoms with Crippen LogP contribution in [-0.4, -0.2) is 64.1 Å². The molecule has 0 saturated carbocycles. The van der Waals surface area contributed by atoms with Gasteiger partial charge in [-0.3, -0.25) is 4.79 Å². The molecule has 16 heteroatoms. The van der Waals surface area contributed by atoms with Gasteiger partial charge in [0.2, 0.25) is 5.91 Å². The first-order valence-electron chi connectivity index (χ1n) is 13.7. The predicted molar refractivity (Wildman–Crippen MR) is 146 cm³/mol. The molecule has 1 aliphatic carbocycles. The number of aryl methyl sites for hydroxylation is 2. The molecule has 2 aromatic carbocycles.